The van der Waals surface area contributed by atoms with Crippen LogP contribution in [0.4, 0.5) is 5.13 Å². The third-order valence-corrected chi connectivity index (χ3v) is 5.96. The molecule has 160 valence electrons. The molecule has 0 bridgehead atoms. The molecule has 13 nitrogen and oxygen atoms in total. The first-order valence-electron chi connectivity index (χ1n) is 8.41. The number of cyclic esters (lactones) is 1. The van der Waals surface area contributed by atoms with Crippen molar-refractivity contribution < 1.29 is 29.1 Å². The molecule has 0 aromatic carbocycles. The van der Waals surface area contributed by atoms with Crippen molar-refractivity contribution in [3.05, 3.63) is 27.3 Å². The Morgan fingerprint density at radius 2 is 2.30 bits per heavy atom. The monoisotopic (exact) mass is 456 g/mol. The number of nitrogen functional groups attached to an aromatic ring is 1. The van der Waals surface area contributed by atoms with Crippen LogP contribution in [-0.2, 0) is 24.0 Å². The lowest BCUT2D eigenvalue weighted by atomic mass is 10.1. The van der Waals surface area contributed by atoms with Gasteiger partial charge in [0, 0.05) is 23.3 Å². The molecule has 1 aromatic rings. The van der Waals surface area contributed by atoms with E-state index in [9.17, 15) is 19.3 Å². The summed E-state index contributed by atoms with van der Waals surface area (Å²) in [6, 6.07) is 0. The number of hydrogen-bond donors (Lipinski definition) is 3. The van der Waals surface area contributed by atoms with Crippen molar-refractivity contribution in [3.63, 3.8) is 0 Å². The quantitative estimate of drug-likeness (QED) is 0.205. The third kappa shape index (κ3) is 4.51. The Balaban J connectivity index is 1.72. The van der Waals surface area contributed by atoms with Crippen LogP contribution in [0.1, 0.15) is 12.6 Å². The number of anilines is 1. The Bertz CT molecular complexity index is 946. The fraction of sp³-hybridized carbons (Fsp3) is 0.400. The van der Waals surface area contributed by atoms with Gasteiger partial charge in [-0.2, -0.15) is 0 Å². The number of aromatic nitrogens is 1. The first-order valence-corrected chi connectivity index (χ1v) is 10.3. The summed E-state index contributed by atoms with van der Waals surface area (Å²) in [5.41, 5.74) is 6.13. The molecule has 0 spiro atoms. The number of carbonyl (C=O) groups is 3. The summed E-state index contributed by atoms with van der Waals surface area (Å²) in [5.74, 6) is -2.22. The Labute approximate surface area is 177 Å². The highest BCUT2D eigenvalue weighted by Crippen LogP contribution is 2.37. The van der Waals surface area contributed by atoms with Crippen LogP contribution < -0.4 is 11.1 Å². The van der Waals surface area contributed by atoms with E-state index in [0.29, 0.717) is 11.3 Å². The van der Waals surface area contributed by atoms with Crippen molar-refractivity contribution in [2.75, 3.05) is 24.6 Å². The molecule has 0 saturated heterocycles. The number of carbonyl (C=O) groups excluding carboxylic acids is 2. The van der Waals surface area contributed by atoms with E-state index in [1.807, 2.05) is 0 Å². The number of ether oxygens (including phenoxy) is 1. The van der Waals surface area contributed by atoms with Gasteiger partial charge in [-0.15, -0.1) is 28.0 Å². The van der Waals surface area contributed by atoms with E-state index in [4.69, 9.17) is 15.6 Å². The first kappa shape index (κ1) is 21.5. The minimum Gasteiger partial charge on any atom is -0.479 e. The number of esters is 1. The van der Waals surface area contributed by atoms with E-state index >= 15 is 0 Å². The Hall–Kier alpha value is -3.20. The van der Waals surface area contributed by atoms with Gasteiger partial charge < -0.3 is 25.7 Å². The summed E-state index contributed by atoms with van der Waals surface area (Å²) in [7, 11) is 0. The molecule has 4 N–H and O–H groups in total. The van der Waals surface area contributed by atoms with Gasteiger partial charge in [-0.25, -0.2) is 19.6 Å². The molecule has 0 saturated carbocycles. The normalized spacial score (nSPS) is 21.2. The number of aliphatic carboxylic acids is 1. The zero-order valence-electron chi connectivity index (χ0n) is 15.4. The van der Waals surface area contributed by atoms with Gasteiger partial charge in [-0.3, -0.25) is 4.79 Å². The van der Waals surface area contributed by atoms with Crippen molar-refractivity contribution in [3.8, 4) is 0 Å². The molecule has 2 atom stereocenters. The molecule has 30 heavy (non-hydrogen) atoms. The van der Waals surface area contributed by atoms with Crippen molar-refractivity contribution >= 4 is 51.8 Å². The van der Waals surface area contributed by atoms with Gasteiger partial charge >= 0.3 is 11.9 Å². The van der Waals surface area contributed by atoms with Crippen molar-refractivity contribution in [1.82, 2.24) is 15.3 Å². The number of carboxylic acids is 1. The largest absolute Gasteiger partial charge is 0.479 e. The SMILES string of the molecule is C[C@H]1OC(=O)C2=C1CS[C@H](CNC(=O)/C(=N\OCC(=O)O)c1csc(N)n1)N2N=O. The number of amides is 1. The smallest absolute Gasteiger partial charge is 0.357 e. The molecule has 3 rings (SSSR count). The minimum atomic E-state index is -1.27. The Morgan fingerprint density at radius 1 is 1.53 bits per heavy atom. The highest BCUT2D eigenvalue weighted by Gasteiger charge is 2.42. The number of nitroso groups, excluding NO2 is 1. The number of thioether (sulfide) groups is 1. The summed E-state index contributed by atoms with van der Waals surface area (Å²) in [6.07, 6.45) is -0.444. The average Bonchev–Trinajstić information content (AvgIpc) is 3.25. The second-order valence-corrected chi connectivity index (χ2v) is 8.06. The summed E-state index contributed by atoms with van der Waals surface area (Å²) >= 11 is 2.36. The maximum atomic E-state index is 12.6. The minimum absolute atomic E-state index is 0.0781. The number of hydrogen-bond acceptors (Lipinski definition) is 12. The summed E-state index contributed by atoms with van der Waals surface area (Å²) in [5, 5.41) is 19.6. The van der Waals surface area contributed by atoms with Gasteiger partial charge in [0.1, 0.15) is 17.2 Å². The Morgan fingerprint density at radius 3 is 2.93 bits per heavy atom. The Kier molecular flexibility index (Phi) is 6.51. The van der Waals surface area contributed by atoms with E-state index in [-0.39, 0.29) is 28.8 Å². The number of nitrogens with two attached hydrogens (primary N) is 1. The standard InChI is InChI=1S/C15H16N6O7S2/c1-6-7-4-29-9(21(20-26)12(7)14(25)28-6)2-17-13(24)11(19-27-3-10(22)23)8-5-30-15(16)18-8/h5-6,9H,2-4H2,1H3,(H2,16,18)(H,17,24)(H,22,23)/b19-11-/t6-,9-/m1/s1. The van der Waals surface area contributed by atoms with E-state index in [1.165, 1.54) is 17.1 Å². The topological polar surface area (TPSA) is 186 Å². The van der Waals surface area contributed by atoms with Crippen LogP contribution in [0.15, 0.2) is 27.1 Å². The fourth-order valence-corrected chi connectivity index (χ4v) is 4.47. The lowest BCUT2D eigenvalue weighted by molar-refractivity contribution is -0.142. The lowest BCUT2D eigenvalue weighted by Crippen LogP contribution is -2.44. The second-order valence-electron chi connectivity index (χ2n) is 6.00. The molecule has 0 unspecified atom stereocenters. The molecule has 1 amide bonds. The van der Waals surface area contributed by atoms with Gasteiger partial charge in [0.15, 0.2) is 16.5 Å². The summed E-state index contributed by atoms with van der Waals surface area (Å²) in [4.78, 5) is 55.2. The van der Waals surface area contributed by atoms with Crippen molar-refractivity contribution in [2.24, 2.45) is 10.4 Å². The van der Waals surface area contributed by atoms with Gasteiger partial charge in [0.05, 0.1) is 5.29 Å². The van der Waals surface area contributed by atoms with Gasteiger partial charge in [-0.1, -0.05) is 5.16 Å². The fourth-order valence-electron chi connectivity index (χ4n) is 2.69. The highest BCUT2D eigenvalue weighted by molar-refractivity contribution is 8.00. The number of rotatable bonds is 8. The predicted octanol–water partition coefficient (Wildman–Crippen LogP) is -0.0975. The van der Waals surface area contributed by atoms with Gasteiger partial charge in [0.25, 0.3) is 5.91 Å². The van der Waals surface area contributed by atoms with Crippen molar-refractivity contribution in [1.29, 1.82) is 0 Å². The van der Waals surface area contributed by atoms with E-state index in [1.54, 1.807) is 6.92 Å². The second kappa shape index (κ2) is 9.08. The maximum Gasteiger partial charge on any atom is 0.357 e. The summed E-state index contributed by atoms with van der Waals surface area (Å²) < 4.78 is 5.12. The van der Waals surface area contributed by atoms with Crippen LogP contribution in [0.25, 0.3) is 0 Å². The summed E-state index contributed by atoms with van der Waals surface area (Å²) in [6.45, 7) is 0.867. The zero-order valence-corrected chi connectivity index (χ0v) is 17.1. The molecule has 0 radical (unpaired) electrons. The molecule has 1 aromatic heterocycles. The number of nitrogens with one attached hydrogen (secondary N) is 1. The molecule has 3 heterocycles. The zero-order chi connectivity index (χ0) is 21.8. The third-order valence-electron chi connectivity index (χ3n) is 4.05. The van der Waals surface area contributed by atoms with Crippen LogP contribution >= 0.6 is 23.1 Å². The molecule has 15 heteroatoms. The van der Waals surface area contributed by atoms with Gasteiger partial charge in [-0.05, 0) is 6.92 Å². The van der Waals surface area contributed by atoms with Gasteiger partial charge in [0.2, 0.25) is 6.61 Å². The number of oxime groups is 1. The molecule has 0 aliphatic carbocycles. The molecule has 2 aliphatic rings. The van der Waals surface area contributed by atoms with Crippen LogP contribution in [0, 0.1) is 4.91 Å². The van der Waals surface area contributed by atoms with E-state index in [0.717, 1.165) is 16.3 Å². The number of carboxylic acid groups (broad SMARTS) is 1. The van der Waals surface area contributed by atoms with E-state index in [2.05, 4.69) is 25.6 Å². The average molecular weight is 456 g/mol. The number of nitrogens with zero attached hydrogens (tertiary/aromatic N) is 4. The number of thiazole rings is 1. The predicted molar refractivity (Wildman–Crippen MR) is 106 cm³/mol. The van der Waals surface area contributed by atoms with Crippen LogP contribution in [0.2, 0.25) is 0 Å². The van der Waals surface area contributed by atoms with Crippen LogP contribution in [0.5, 0.6) is 0 Å². The van der Waals surface area contributed by atoms with Crippen LogP contribution in [0.3, 0.4) is 0 Å². The molecular formula is C15H16N6O7S2. The molecule has 0 fully saturated rings. The molecular weight excluding hydrogens is 440 g/mol. The molecule has 2 aliphatic heterocycles. The van der Waals surface area contributed by atoms with Crippen LogP contribution in [-0.4, -0.2) is 69.0 Å². The van der Waals surface area contributed by atoms with E-state index < -0.39 is 35.9 Å². The lowest BCUT2D eigenvalue weighted by Gasteiger charge is -2.30. The van der Waals surface area contributed by atoms with Crippen molar-refractivity contribution in [2.45, 2.75) is 18.4 Å². The first-order chi connectivity index (χ1) is 14.3. The highest BCUT2D eigenvalue weighted by atomic mass is 32.2. The maximum absolute atomic E-state index is 12.6.